The van der Waals surface area contributed by atoms with Gasteiger partial charge in [0.15, 0.2) is 0 Å². The van der Waals surface area contributed by atoms with Gasteiger partial charge in [-0.25, -0.2) is 4.98 Å². The molecule has 6 heteroatoms. The van der Waals surface area contributed by atoms with Crippen molar-refractivity contribution in [2.75, 3.05) is 7.05 Å². The SMILES string of the molecule is C[C@@H](c1cc2ccccc2o1)N(C)Cc1nc2ccsc2c(=O)[nH]1. The predicted molar refractivity (Wildman–Crippen MR) is 96.3 cm³/mol. The molecular weight excluding hydrogens is 322 g/mol. The Morgan fingerprint density at radius 2 is 2.17 bits per heavy atom. The molecule has 0 aliphatic carbocycles. The van der Waals surface area contributed by atoms with Crippen LogP contribution in [0.5, 0.6) is 0 Å². The lowest BCUT2D eigenvalue weighted by Crippen LogP contribution is -2.24. The summed E-state index contributed by atoms with van der Waals surface area (Å²) in [5.74, 6) is 1.56. The minimum Gasteiger partial charge on any atom is -0.459 e. The first-order valence-corrected chi connectivity index (χ1v) is 8.65. The number of fused-ring (bicyclic) bond motifs is 2. The van der Waals surface area contributed by atoms with Gasteiger partial charge in [-0.1, -0.05) is 18.2 Å². The highest BCUT2D eigenvalue weighted by Crippen LogP contribution is 2.27. The van der Waals surface area contributed by atoms with E-state index in [0.717, 1.165) is 22.2 Å². The zero-order valence-electron chi connectivity index (χ0n) is 13.4. The molecule has 4 rings (SSSR count). The number of nitrogens with zero attached hydrogens (tertiary/aromatic N) is 2. The summed E-state index contributed by atoms with van der Waals surface area (Å²) in [4.78, 5) is 21.6. The number of thiophene rings is 1. The fourth-order valence-corrected chi connectivity index (χ4v) is 3.52. The van der Waals surface area contributed by atoms with Gasteiger partial charge in [0, 0.05) is 5.39 Å². The third-order valence-corrected chi connectivity index (χ3v) is 5.18. The van der Waals surface area contributed by atoms with Gasteiger partial charge in [-0.15, -0.1) is 11.3 Å². The van der Waals surface area contributed by atoms with Crippen molar-refractivity contribution in [1.82, 2.24) is 14.9 Å². The third-order valence-electron chi connectivity index (χ3n) is 4.28. The molecule has 1 N–H and O–H groups in total. The molecule has 3 aromatic heterocycles. The number of rotatable bonds is 4. The average molecular weight is 339 g/mol. The van der Waals surface area contributed by atoms with Gasteiger partial charge in [0.05, 0.1) is 18.1 Å². The summed E-state index contributed by atoms with van der Waals surface area (Å²) in [6, 6.07) is 12.0. The fourth-order valence-electron chi connectivity index (χ4n) is 2.80. The van der Waals surface area contributed by atoms with Gasteiger partial charge in [0.25, 0.3) is 5.56 Å². The summed E-state index contributed by atoms with van der Waals surface area (Å²) in [5, 5.41) is 2.98. The standard InChI is InChI=1S/C18H17N3O2S/c1-11(15-9-12-5-3-4-6-14(12)23-15)21(2)10-16-19-13-7-8-24-17(13)18(22)20-16/h3-9,11H,10H2,1-2H3,(H,19,20,22)/t11-/m0/s1. The van der Waals surface area contributed by atoms with E-state index >= 15 is 0 Å². The summed E-state index contributed by atoms with van der Waals surface area (Å²) in [6.07, 6.45) is 0. The van der Waals surface area contributed by atoms with Crippen molar-refractivity contribution in [1.29, 1.82) is 0 Å². The monoisotopic (exact) mass is 339 g/mol. The number of benzene rings is 1. The van der Waals surface area contributed by atoms with E-state index in [1.54, 1.807) is 0 Å². The van der Waals surface area contributed by atoms with E-state index in [4.69, 9.17) is 4.42 Å². The number of aromatic amines is 1. The smallest absolute Gasteiger partial charge is 0.268 e. The molecule has 0 amide bonds. The van der Waals surface area contributed by atoms with Crippen LogP contribution in [0.1, 0.15) is 24.6 Å². The number of nitrogens with one attached hydrogen (secondary N) is 1. The molecule has 0 fully saturated rings. The molecule has 3 heterocycles. The third kappa shape index (κ3) is 2.64. The first-order valence-electron chi connectivity index (χ1n) is 7.77. The molecule has 5 nitrogen and oxygen atoms in total. The molecule has 1 atom stereocenters. The topological polar surface area (TPSA) is 62.1 Å². The molecule has 0 bridgehead atoms. The van der Waals surface area contributed by atoms with E-state index in [9.17, 15) is 4.79 Å². The number of aromatic nitrogens is 2. The molecule has 0 aliphatic heterocycles. The van der Waals surface area contributed by atoms with Crippen LogP contribution in [0.15, 0.2) is 51.0 Å². The fraction of sp³-hybridized carbons (Fsp3) is 0.222. The van der Waals surface area contributed by atoms with Crippen LogP contribution < -0.4 is 5.56 Å². The molecule has 24 heavy (non-hydrogen) atoms. The van der Waals surface area contributed by atoms with Crippen molar-refractivity contribution in [3.8, 4) is 0 Å². The van der Waals surface area contributed by atoms with Gasteiger partial charge in [-0.3, -0.25) is 9.69 Å². The minimum absolute atomic E-state index is 0.0703. The van der Waals surface area contributed by atoms with E-state index in [0.29, 0.717) is 17.1 Å². The lowest BCUT2D eigenvalue weighted by molar-refractivity contribution is 0.221. The number of para-hydroxylation sites is 1. The number of hydrogen-bond acceptors (Lipinski definition) is 5. The van der Waals surface area contributed by atoms with Gasteiger partial charge < -0.3 is 9.40 Å². The van der Waals surface area contributed by atoms with Gasteiger partial charge in [0.1, 0.15) is 21.9 Å². The maximum absolute atomic E-state index is 12.1. The number of H-pyrrole nitrogens is 1. The summed E-state index contributed by atoms with van der Waals surface area (Å²) < 4.78 is 6.61. The largest absolute Gasteiger partial charge is 0.459 e. The second kappa shape index (κ2) is 5.89. The van der Waals surface area contributed by atoms with Crippen LogP contribution in [0.3, 0.4) is 0 Å². The van der Waals surface area contributed by atoms with Crippen molar-refractivity contribution in [2.45, 2.75) is 19.5 Å². The van der Waals surface area contributed by atoms with Crippen LogP contribution in [0.4, 0.5) is 0 Å². The molecule has 4 aromatic rings. The van der Waals surface area contributed by atoms with Gasteiger partial charge in [-0.05, 0) is 37.6 Å². The van der Waals surface area contributed by atoms with E-state index in [2.05, 4.69) is 27.9 Å². The van der Waals surface area contributed by atoms with Crippen LogP contribution in [0, 0.1) is 0 Å². The van der Waals surface area contributed by atoms with Crippen LogP contribution in [-0.2, 0) is 6.54 Å². The molecule has 0 saturated carbocycles. The molecule has 0 unspecified atom stereocenters. The highest BCUT2D eigenvalue weighted by molar-refractivity contribution is 7.17. The molecule has 1 aromatic carbocycles. The van der Waals surface area contributed by atoms with Crippen molar-refractivity contribution in [3.63, 3.8) is 0 Å². The van der Waals surface area contributed by atoms with Gasteiger partial charge in [0.2, 0.25) is 0 Å². The second-order valence-corrected chi connectivity index (χ2v) is 6.84. The molecular formula is C18H17N3O2S. The predicted octanol–water partition coefficient (Wildman–Crippen LogP) is 3.92. The van der Waals surface area contributed by atoms with Crippen LogP contribution in [-0.4, -0.2) is 21.9 Å². The van der Waals surface area contributed by atoms with E-state index in [1.807, 2.05) is 42.8 Å². The van der Waals surface area contributed by atoms with Crippen molar-refractivity contribution >= 4 is 32.5 Å². The molecule has 0 aliphatic rings. The lowest BCUT2D eigenvalue weighted by Gasteiger charge is -2.22. The van der Waals surface area contributed by atoms with Gasteiger partial charge in [-0.2, -0.15) is 0 Å². The summed E-state index contributed by atoms with van der Waals surface area (Å²) in [5.41, 5.74) is 1.57. The van der Waals surface area contributed by atoms with Crippen molar-refractivity contribution < 1.29 is 4.42 Å². The zero-order chi connectivity index (χ0) is 16.7. The Morgan fingerprint density at radius 3 is 3.00 bits per heavy atom. The highest BCUT2D eigenvalue weighted by Gasteiger charge is 2.17. The van der Waals surface area contributed by atoms with Crippen LogP contribution in [0.2, 0.25) is 0 Å². The molecule has 0 radical (unpaired) electrons. The van der Waals surface area contributed by atoms with Crippen LogP contribution in [0.25, 0.3) is 21.2 Å². The van der Waals surface area contributed by atoms with E-state index < -0.39 is 0 Å². The second-order valence-electron chi connectivity index (χ2n) is 5.93. The Morgan fingerprint density at radius 1 is 1.33 bits per heavy atom. The van der Waals surface area contributed by atoms with Crippen LogP contribution >= 0.6 is 11.3 Å². The summed E-state index contributed by atoms with van der Waals surface area (Å²) in [6.45, 7) is 2.62. The minimum atomic E-state index is -0.0743. The quantitative estimate of drug-likeness (QED) is 0.612. The maximum Gasteiger partial charge on any atom is 0.268 e. The maximum atomic E-state index is 12.1. The lowest BCUT2D eigenvalue weighted by atomic mass is 10.2. The normalized spacial score (nSPS) is 13.1. The number of hydrogen-bond donors (Lipinski definition) is 1. The number of furan rings is 1. The molecule has 0 saturated heterocycles. The Kier molecular flexibility index (Phi) is 3.70. The first kappa shape index (κ1) is 15.1. The Bertz CT molecular complexity index is 1030. The zero-order valence-corrected chi connectivity index (χ0v) is 14.3. The molecule has 0 spiro atoms. The highest BCUT2D eigenvalue weighted by atomic mass is 32.1. The van der Waals surface area contributed by atoms with Crippen molar-refractivity contribution in [2.24, 2.45) is 0 Å². The van der Waals surface area contributed by atoms with E-state index in [1.165, 1.54) is 11.3 Å². The summed E-state index contributed by atoms with van der Waals surface area (Å²) >= 11 is 1.41. The van der Waals surface area contributed by atoms with E-state index in [-0.39, 0.29) is 11.6 Å². The average Bonchev–Trinajstić information content (AvgIpc) is 3.20. The Labute approximate surface area is 142 Å². The van der Waals surface area contributed by atoms with Crippen molar-refractivity contribution in [3.05, 3.63) is 63.7 Å². The first-order chi connectivity index (χ1) is 11.6. The van der Waals surface area contributed by atoms with Gasteiger partial charge >= 0.3 is 0 Å². The molecule has 122 valence electrons. The summed E-state index contributed by atoms with van der Waals surface area (Å²) in [7, 11) is 2.00. The Hall–Kier alpha value is -2.44. The Balaban J connectivity index is 1.59.